The van der Waals surface area contributed by atoms with Crippen molar-refractivity contribution in [1.82, 2.24) is 5.32 Å². The second kappa shape index (κ2) is 7.31. The Kier molecular flexibility index (Phi) is 5.43. The molecule has 0 aliphatic rings. The summed E-state index contributed by atoms with van der Waals surface area (Å²) in [4.78, 5) is 1.47. The van der Waals surface area contributed by atoms with E-state index in [2.05, 4.69) is 41.0 Å². The summed E-state index contributed by atoms with van der Waals surface area (Å²) >= 11 is 1.84. The van der Waals surface area contributed by atoms with Gasteiger partial charge in [-0.1, -0.05) is 18.2 Å². The van der Waals surface area contributed by atoms with Crippen LogP contribution in [0.15, 0.2) is 41.8 Å². The summed E-state index contributed by atoms with van der Waals surface area (Å²) in [7, 11) is 3.74. The van der Waals surface area contributed by atoms with Crippen LogP contribution in [0, 0.1) is 0 Å². The highest BCUT2D eigenvalue weighted by molar-refractivity contribution is 7.09. The molecule has 1 aromatic carbocycles. The van der Waals surface area contributed by atoms with Crippen molar-refractivity contribution in [3.05, 3.63) is 52.2 Å². The molecular weight excluding hydrogens is 254 g/mol. The van der Waals surface area contributed by atoms with E-state index in [0.29, 0.717) is 6.04 Å². The van der Waals surface area contributed by atoms with Crippen LogP contribution in [-0.4, -0.2) is 14.2 Å². The van der Waals surface area contributed by atoms with Gasteiger partial charge in [-0.05, 0) is 55.5 Å². The van der Waals surface area contributed by atoms with Crippen LogP contribution in [0.2, 0.25) is 0 Å². The van der Waals surface area contributed by atoms with Gasteiger partial charge in [0.2, 0.25) is 0 Å². The molecule has 0 amide bonds. The van der Waals surface area contributed by atoms with Crippen molar-refractivity contribution in [2.45, 2.75) is 25.3 Å². The third kappa shape index (κ3) is 4.08. The molecule has 1 unspecified atom stereocenters. The minimum Gasteiger partial charge on any atom is -0.497 e. The molecule has 2 rings (SSSR count). The standard InChI is InChI=1S/C16H21NOS/c1-17-16(10-4-8-15-9-5-11-19-15)13-6-3-7-14(12-13)18-2/h3,5-7,9,11-12,16-17H,4,8,10H2,1-2H3. The van der Waals surface area contributed by atoms with Crippen LogP contribution in [0.4, 0.5) is 0 Å². The van der Waals surface area contributed by atoms with Gasteiger partial charge in [0.15, 0.2) is 0 Å². The molecule has 1 N–H and O–H groups in total. The first-order chi connectivity index (χ1) is 9.33. The lowest BCUT2D eigenvalue weighted by Gasteiger charge is -2.17. The zero-order valence-corrected chi connectivity index (χ0v) is 12.4. The molecule has 0 saturated heterocycles. The topological polar surface area (TPSA) is 21.3 Å². The average Bonchev–Trinajstić information content (AvgIpc) is 2.97. The Morgan fingerprint density at radius 2 is 2.16 bits per heavy atom. The summed E-state index contributed by atoms with van der Waals surface area (Å²) in [6, 6.07) is 13.1. The number of hydrogen-bond acceptors (Lipinski definition) is 3. The Bertz CT molecular complexity index is 481. The minimum atomic E-state index is 0.398. The fourth-order valence-electron chi connectivity index (χ4n) is 2.27. The van der Waals surface area contributed by atoms with E-state index in [4.69, 9.17) is 4.74 Å². The van der Waals surface area contributed by atoms with Gasteiger partial charge in [-0.25, -0.2) is 0 Å². The van der Waals surface area contributed by atoms with E-state index >= 15 is 0 Å². The van der Waals surface area contributed by atoms with E-state index in [0.717, 1.165) is 12.2 Å². The van der Waals surface area contributed by atoms with Gasteiger partial charge in [0, 0.05) is 10.9 Å². The van der Waals surface area contributed by atoms with Crippen molar-refractivity contribution in [1.29, 1.82) is 0 Å². The number of methoxy groups -OCH3 is 1. The van der Waals surface area contributed by atoms with E-state index in [1.54, 1.807) is 7.11 Å². The SMILES string of the molecule is CNC(CCCc1cccs1)c1cccc(OC)c1. The van der Waals surface area contributed by atoms with E-state index in [1.807, 2.05) is 24.5 Å². The predicted octanol–water partition coefficient (Wildman–Crippen LogP) is 4.04. The molecule has 0 radical (unpaired) electrons. The van der Waals surface area contributed by atoms with Crippen LogP contribution < -0.4 is 10.1 Å². The van der Waals surface area contributed by atoms with Crippen molar-refractivity contribution in [3.8, 4) is 5.75 Å². The molecule has 2 nitrogen and oxygen atoms in total. The molecular formula is C16H21NOS. The third-order valence-corrected chi connectivity index (χ3v) is 4.28. The van der Waals surface area contributed by atoms with Crippen molar-refractivity contribution in [2.24, 2.45) is 0 Å². The van der Waals surface area contributed by atoms with Crippen LogP contribution in [0.25, 0.3) is 0 Å². The number of benzene rings is 1. The third-order valence-electron chi connectivity index (χ3n) is 3.34. The van der Waals surface area contributed by atoms with Gasteiger partial charge >= 0.3 is 0 Å². The number of nitrogens with one attached hydrogen (secondary N) is 1. The van der Waals surface area contributed by atoms with Crippen molar-refractivity contribution < 1.29 is 4.74 Å². The van der Waals surface area contributed by atoms with Crippen LogP contribution in [0.1, 0.15) is 29.3 Å². The number of rotatable bonds is 7. The van der Waals surface area contributed by atoms with Gasteiger partial charge in [0.25, 0.3) is 0 Å². The lowest BCUT2D eigenvalue weighted by molar-refractivity contribution is 0.412. The zero-order valence-electron chi connectivity index (χ0n) is 11.6. The van der Waals surface area contributed by atoms with Gasteiger partial charge < -0.3 is 10.1 Å². The van der Waals surface area contributed by atoms with E-state index in [-0.39, 0.29) is 0 Å². The largest absolute Gasteiger partial charge is 0.497 e. The molecule has 3 heteroatoms. The van der Waals surface area contributed by atoms with Gasteiger partial charge in [-0.3, -0.25) is 0 Å². The smallest absolute Gasteiger partial charge is 0.119 e. The molecule has 2 aromatic rings. The van der Waals surface area contributed by atoms with Gasteiger partial charge in [0.05, 0.1) is 7.11 Å². The molecule has 102 valence electrons. The fourth-order valence-corrected chi connectivity index (χ4v) is 3.02. The Balaban J connectivity index is 1.91. The molecule has 19 heavy (non-hydrogen) atoms. The second-order valence-corrected chi connectivity index (χ2v) is 5.62. The molecule has 0 fully saturated rings. The van der Waals surface area contributed by atoms with Crippen molar-refractivity contribution >= 4 is 11.3 Å². The zero-order chi connectivity index (χ0) is 13.5. The minimum absolute atomic E-state index is 0.398. The molecule has 1 heterocycles. The van der Waals surface area contributed by atoms with Gasteiger partial charge in [-0.15, -0.1) is 11.3 Å². The molecule has 0 saturated carbocycles. The lowest BCUT2D eigenvalue weighted by atomic mass is 10.0. The molecule has 0 aliphatic carbocycles. The quantitative estimate of drug-likeness (QED) is 0.823. The van der Waals surface area contributed by atoms with Crippen molar-refractivity contribution in [2.75, 3.05) is 14.2 Å². The summed E-state index contributed by atoms with van der Waals surface area (Å²) in [6.45, 7) is 0. The molecule has 1 aromatic heterocycles. The van der Waals surface area contributed by atoms with Crippen LogP contribution in [0.5, 0.6) is 5.75 Å². The van der Waals surface area contributed by atoms with Gasteiger partial charge in [-0.2, -0.15) is 0 Å². The lowest BCUT2D eigenvalue weighted by Crippen LogP contribution is -2.16. The van der Waals surface area contributed by atoms with E-state index in [9.17, 15) is 0 Å². The number of thiophene rings is 1. The number of hydrogen-bond donors (Lipinski definition) is 1. The number of aryl methyl sites for hydroxylation is 1. The Labute approximate surface area is 119 Å². The normalized spacial score (nSPS) is 12.3. The first-order valence-corrected chi connectivity index (χ1v) is 7.55. The van der Waals surface area contributed by atoms with Crippen LogP contribution in [-0.2, 0) is 6.42 Å². The first kappa shape index (κ1) is 14.1. The Morgan fingerprint density at radius 1 is 1.26 bits per heavy atom. The Morgan fingerprint density at radius 3 is 2.84 bits per heavy atom. The number of ether oxygens (including phenoxy) is 1. The average molecular weight is 275 g/mol. The molecule has 0 bridgehead atoms. The predicted molar refractivity (Wildman–Crippen MR) is 82.1 cm³/mol. The highest BCUT2D eigenvalue weighted by Crippen LogP contribution is 2.23. The summed E-state index contributed by atoms with van der Waals surface area (Å²) in [5.41, 5.74) is 1.30. The maximum atomic E-state index is 5.29. The van der Waals surface area contributed by atoms with Crippen LogP contribution >= 0.6 is 11.3 Å². The monoisotopic (exact) mass is 275 g/mol. The summed E-state index contributed by atoms with van der Waals surface area (Å²) in [5.74, 6) is 0.927. The van der Waals surface area contributed by atoms with E-state index in [1.165, 1.54) is 23.3 Å². The van der Waals surface area contributed by atoms with Crippen LogP contribution in [0.3, 0.4) is 0 Å². The maximum Gasteiger partial charge on any atom is 0.119 e. The molecule has 1 atom stereocenters. The first-order valence-electron chi connectivity index (χ1n) is 6.67. The summed E-state index contributed by atoms with van der Waals surface area (Å²) < 4.78 is 5.29. The maximum absolute atomic E-state index is 5.29. The summed E-state index contributed by atoms with van der Waals surface area (Å²) in [6.07, 6.45) is 3.50. The highest BCUT2D eigenvalue weighted by atomic mass is 32.1. The molecule has 0 spiro atoms. The fraction of sp³-hybridized carbons (Fsp3) is 0.375. The van der Waals surface area contributed by atoms with E-state index < -0.39 is 0 Å². The Hall–Kier alpha value is -1.32. The van der Waals surface area contributed by atoms with Gasteiger partial charge in [0.1, 0.15) is 5.75 Å². The summed E-state index contributed by atoms with van der Waals surface area (Å²) in [5, 5.41) is 5.54. The molecule has 0 aliphatic heterocycles. The van der Waals surface area contributed by atoms with Crippen molar-refractivity contribution in [3.63, 3.8) is 0 Å². The highest BCUT2D eigenvalue weighted by Gasteiger charge is 2.09. The second-order valence-electron chi connectivity index (χ2n) is 4.59.